The fourth-order valence-corrected chi connectivity index (χ4v) is 0.453. The molecule has 5 heteroatoms. The fourth-order valence-electron chi connectivity index (χ4n) is 0.453. The van der Waals surface area contributed by atoms with Gasteiger partial charge in [-0.3, -0.25) is 9.59 Å². The number of hydrogen-bond acceptors (Lipinski definition) is 3. The molecule has 0 aromatic carbocycles. The molecule has 0 radical (unpaired) electrons. The molecule has 2 amide bonds. The number of nitrogens with one attached hydrogen (secondary N) is 1. The van der Waals surface area contributed by atoms with Gasteiger partial charge in [-0.25, -0.2) is 0 Å². The van der Waals surface area contributed by atoms with Crippen molar-refractivity contribution in [3.63, 3.8) is 0 Å². The van der Waals surface area contributed by atoms with Crippen LogP contribution in [0.15, 0.2) is 11.9 Å². The van der Waals surface area contributed by atoms with Crippen LogP contribution in [-0.4, -0.2) is 31.3 Å². The Bertz CT molecular complexity index is 188. The molecule has 11 heavy (non-hydrogen) atoms. The summed E-state index contributed by atoms with van der Waals surface area (Å²) in [6.45, 7) is 0. The van der Waals surface area contributed by atoms with Gasteiger partial charge >= 0.3 is 0 Å². The molecule has 0 saturated carbocycles. The van der Waals surface area contributed by atoms with Gasteiger partial charge in [0.2, 0.25) is 6.41 Å². The highest BCUT2D eigenvalue weighted by Crippen LogP contribution is 1.85. The van der Waals surface area contributed by atoms with Crippen molar-refractivity contribution in [3.05, 3.63) is 11.9 Å². The lowest BCUT2D eigenvalue weighted by atomic mass is 10.4. The first-order chi connectivity index (χ1) is 5.11. The summed E-state index contributed by atoms with van der Waals surface area (Å²) in [5.41, 5.74) is 5.25. The summed E-state index contributed by atoms with van der Waals surface area (Å²) < 4.78 is 0. The standard InChI is InChI=1S/C6H11N3O2/c1-8-6(11)5(7)3-9(2)4-10/h3-4H,7H2,1-2H3,(H,8,11)/b5-3+. The second-order valence-corrected chi connectivity index (χ2v) is 1.93. The molecule has 0 aliphatic rings. The molecule has 0 fully saturated rings. The molecular weight excluding hydrogens is 146 g/mol. The minimum absolute atomic E-state index is 0.00194. The number of nitrogens with zero attached hydrogens (tertiary/aromatic N) is 1. The van der Waals surface area contributed by atoms with E-state index < -0.39 is 5.91 Å². The average molecular weight is 157 g/mol. The molecule has 62 valence electrons. The summed E-state index contributed by atoms with van der Waals surface area (Å²) in [7, 11) is 2.95. The van der Waals surface area contributed by atoms with E-state index in [2.05, 4.69) is 5.32 Å². The van der Waals surface area contributed by atoms with E-state index in [4.69, 9.17) is 5.73 Å². The normalized spacial score (nSPS) is 10.5. The maximum atomic E-state index is 10.7. The number of nitrogens with two attached hydrogens (primary N) is 1. The number of carbonyl (C=O) groups is 2. The third-order valence-corrected chi connectivity index (χ3v) is 0.998. The zero-order valence-corrected chi connectivity index (χ0v) is 6.50. The first-order valence-electron chi connectivity index (χ1n) is 2.98. The summed E-state index contributed by atoms with van der Waals surface area (Å²) in [5.74, 6) is -0.404. The SMILES string of the molecule is CNC(=O)/C(N)=C\N(C)C=O. The zero-order valence-electron chi connectivity index (χ0n) is 6.50. The molecule has 0 bridgehead atoms. The van der Waals surface area contributed by atoms with Crippen molar-refractivity contribution in [2.45, 2.75) is 0 Å². The van der Waals surface area contributed by atoms with E-state index in [0.717, 1.165) is 4.90 Å². The van der Waals surface area contributed by atoms with E-state index in [1.807, 2.05) is 0 Å². The van der Waals surface area contributed by atoms with E-state index >= 15 is 0 Å². The van der Waals surface area contributed by atoms with Gasteiger partial charge in [0, 0.05) is 20.3 Å². The van der Waals surface area contributed by atoms with Gasteiger partial charge in [0.05, 0.1) is 0 Å². The second-order valence-electron chi connectivity index (χ2n) is 1.93. The number of carbonyl (C=O) groups excluding carboxylic acids is 2. The van der Waals surface area contributed by atoms with Crippen LogP contribution in [0.1, 0.15) is 0 Å². The van der Waals surface area contributed by atoms with Crippen LogP contribution in [0.25, 0.3) is 0 Å². The largest absolute Gasteiger partial charge is 0.393 e. The van der Waals surface area contributed by atoms with Crippen LogP contribution in [0, 0.1) is 0 Å². The Morgan fingerprint density at radius 2 is 2.18 bits per heavy atom. The lowest BCUT2D eigenvalue weighted by Crippen LogP contribution is -2.26. The van der Waals surface area contributed by atoms with Gasteiger partial charge in [0.1, 0.15) is 5.70 Å². The lowest BCUT2D eigenvalue weighted by molar-refractivity contribution is -0.117. The fraction of sp³-hybridized carbons (Fsp3) is 0.333. The van der Waals surface area contributed by atoms with Crippen molar-refractivity contribution >= 4 is 12.3 Å². The van der Waals surface area contributed by atoms with Crippen molar-refractivity contribution in [1.82, 2.24) is 10.2 Å². The van der Waals surface area contributed by atoms with Gasteiger partial charge in [0.15, 0.2) is 0 Å². The molecule has 0 heterocycles. The highest BCUT2D eigenvalue weighted by molar-refractivity contribution is 5.92. The van der Waals surface area contributed by atoms with Crippen LogP contribution in [0.4, 0.5) is 0 Å². The highest BCUT2D eigenvalue weighted by atomic mass is 16.2. The molecule has 3 N–H and O–H groups in total. The minimum atomic E-state index is -0.404. The first-order valence-corrected chi connectivity index (χ1v) is 2.98. The predicted octanol–water partition coefficient (Wildman–Crippen LogP) is -1.38. The molecule has 0 aromatic heterocycles. The maximum Gasteiger partial charge on any atom is 0.268 e. The van der Waals surface area contributed by atoms with Gasteiger partial charge in [-0.1, -0.05) is 0 Å². The van der Waals surface area contributed by atoms with E-state index in [9.17, 15) is 9.59 Å². The summed E-state index contributed by atoms with van der Waals surface area (Å²) in [6.07, 6.45) is 1.79. The Morgan fingerprint density at radius 3 is 2.55 bits per heavy atom. The van der Waals surface area contributed by atoms with Crippen molar-refractivity contribution in [2.24, 2.45) is 5.73 Å². The molecule has 5 nitrogen and oxygen atoms in total. The number of rotatable bonds is 3. The third kappa shape index (κ3) is 3.24. The predicted molar refractivity (Wildman–Crippen MR) is 40.2 cm³/mol. The quantitative estimate of drug-likeness (QED) is 0.391. The van der Waals surface area contributed by atoms with Gasteiger partial charge < -0.3 is 16.0 Å². The molecule has 0 aliphatic carbocycles. The van der Waals surface area contributed by atoms with Crippen molar-refractivity contribution in [3.8, 4) is 0 Å². The summed E-state index contributed by atoms with van der Waals surface area (Å²) in [5, 5.41) is 2.32. The minimum Gasteiger partial charge on any atom is -0.393 e. The first kappa shape index (κ1) is 9.48. The zero-order chi connectivity index (χ0) is 8.85. The van der Waals surface area contributed by atoms with Crippen LogP contribution in [-0.2, 0) is 9.59 Å². The van der Waals surface area contributed by atoms with Crippen LogP contribution in [0.3, 0.4) is 0 Å². The molecule has 0 atom stereocenters. The number of likely N-dealkylation sites (N-methyl/N-ethyl adjacent to an activating group) is 1. The van der Waals surface area contributed by atoms with E-state index in [1.165, 1.54) is 20.3 Å². The van der Waals surface area contributed by atoms with Crippen LogP contribution >= 0.6 is 0 Å². The van der Waals surface area contributed by atoms with Crippen LogP contribution in [0.5, 0.6) is 0 Å². The van der Waals surface area contributed by atoms with Gasteiger partial charge in [-0.15, -0.1) is 0 Å². The molecular formula is C6H11N3O2. The Morgan fingerprint density at radius 1 is 1.64 bits per heavy atom. The second kappa shape index (κ2) is 4.32. The Hall–Kier alpha value is -1.52. The highest BCUT2D eigenvalue weighted by Gasteiger charge is 2.01. The molecule has 0 aliphatic heterocycles. The Kier molecular flexibility index (Phi) is 3.72. The van der Waals surface area contributed by atoms with Gasteiger partial charge in [-0.2, -0.15) is 0 Å². The molecule has 0 saturated heterocycles. The number of amides is 2. The van der Waals surface area contributed by atoms with Crippen molar-refractivity contribution in [2.75, 3.05) is 14.1 Å². The van der Waals surface area contributed by atoms with E-state index in [1.54, 1.807) is 0 Å². The monoisotopic (exact) mass is 157 g/mol. The molecule has 0 spiro atoms. The molecule has 0 rings (SSSR count). The Balaban J connectivity index is 4.20. The topological polar surface area (TPSA) is 75.4 Å². The van der Waals surface area contributed by atoms with Crippen molar-refractivity contribution in [1.29, 1.82) is 0 Å². The smallest absolute Gasteiger partial charge is 0.268 e. The van der Waals surface area contributed by atoms with Gasteiger partial charge in [0.25, 0.3) is 5.91 Å². The summed E-state index contributed by atoms with van der Waals surface area (Å²) >= 11 is 0. The van der Waals surface area contributed by atoms with Crippen LogP contribution < -0.4 is 11.1 Å². The van der Waals surface area contributed by atoms with Crippen LogP contribution in [0.2, 0.25) is 0 Å². The van der Waals surface area contributed by atoms with Crippen molar-refractivity contribution < 1.29 is 9.59 Å². The number of hydrogen-bond donors (Lipinski definition) is 2. The third-order valence-electron chi connectivity index (χ3n) is 0.998. The van der Waals surface area contributed by atoms with E-state index in [0.29, 0.717) is 6.41 Å². The molecule has 0 unspecified atom stereocenters. The average Bonchev–Trinajstić information content (AvgIpc) is 2.02. The summed E-state index contributed by atoms with van der Waals surface area (Å²) in [6, 6.07) is 0. The van der Waals surface area contributed by atoms with E-state index in [-0.39, 0.29) is 5.70 Å². The maximum absolute atomic E-state index is 10.7. The summed E-state index contributed by atoms with van der Waals surface area (Å²) in [4.78, 5) is 21.9. The lowest BCUT2D eigenvalue weighted by Gasteiger charge is -2.04. The Labute approximate surface area is 64.8 Å². The van der Waals surface area contributed by atoms with Gasteiger partial charge in [-0.05, 0) is 0 Å². The molecule has 0 aromatic rings.